The van der Waals surface area contributed by atoms with E-state index in [1.807, 2.05) is 0 Å². The number of ether oxygens (including phenoxy) is 1. The summed E-state index contributed by atoms with van der Waals surface area (Å²) in [6.07, 6.45) is 3.50. The molecule has 1 aliphatic rings. The fourth-order valence-electron chi connectivity index (χ4n) is 0.847. The zero-order chi connectivity index (χ0) is 8.55. The molecule has 4 heteroatoms. The number of hydrogen-bond donors (Lipinski definition) is 0. The molecule has 1 aromatic heterocycles. The van der Waals surface area contributed by atoms with Gasteiger partial charge >= 0.3 is 0 Å². The Hall–Kier alpha value is -0.830. The molecule has 0 atom stereocenters. The molecule has 1 fully saturated rings. The van der Waals surface area contributed by atoms with E-state index in [0.717, 1.165) is 18.9 Å². The van der Waals surface area contributed by atoms with Crippen molar-refractivity contribution in [3.05, 3.63) is 23.2 Å². The van der Waals surface area contributed by atoms with E-state index in [1.54, 1.807) is 0 Å². The second-order valence-electron chi connectivity index (χ2n) is 2.75. The van der Waals surface area contributed by atoms with E-state index in [4.69, 9.17) is 16.3 Å². The van der Waals surface area contributed by atoms with Crippen molar-refractivity contribution < 1.29 is 9.13 Å². The molecule has 64 valence electrons. The van der Waals surface area contributed by atoms with Gasteiger partial charge in [-0.25, -0.2) is 9.37 Å². The van der Waals surface area contributed by atoms with Crippen molar-refractivity contribution in [2.75, 3.05) is 0 Å². The molecular formula is C8H7ClFNO. The van der Waals surface area contributed by atoms with Gasteiger partial charge in [-0.05, 0) is 12.8 Å². The highest BCUT2D eigenvalue weighted by atomic mass is 35.5. The Balaban J connectivity index is 2.18. The van der Waals surface area contributed by atoms with Crippen LogP contribution >= 0.6 is 11.6 Å². The summed E-state index contributed by atoms with van der Waals surface area (Å²) in [4.78, 5) is 3.72. The molecule has 0 N–H and O–H groups in total. The number of aromatic nitrogens is 1. The lowest BCUT2D eigenvalue weighted by molar-refractivity contribution is 0.286. The van der Waals surface area contributed by atoms with Crippen molar-refractivity contribution in [2.24, 2.45) is 0 Å². The summed E-state index contributed by atoms with van der Waals surface area (Å²) in [7, 11) is 0. The highest BCUT2D eigenvalue weighted by Crippen LogP contribution is 2.28. The molecule has 0 saturated heterocycles. The van der Waals surface area contributed by atoms with E-state index in [-0.39, 0.29) is 17.0 Å². The lowest BCUT2D eigenvalue weighted by Gasteiger charge is -2.03. The molecule has 2 rings (SSSR count). The predicted molar refractivity (Wildman–Crippen MR) is 42.9 cm³/mol. The van der Waals surface area contributed by atoms with Crippen LogP contribution in [0.4, 0.5) is 4.39 Å². The van der Waals surface area contributed by atoms with Crippen molar-refractivity contribution in [3.8, 4) is 5.75 Å². The first kappa shape index (κ1) is 7.80. The second kappa shape index (κ2) is 2.90. The second-order valence-corrected chi connectivity index (χ2v) is 3.14. The van der Waals surface area contributed by atoms with Gasteiger partial charge in [-0.2, -0.15) is 0 Å². The molecule has 1 aromatic rings. The molecule has 1 heterocycles. The summed E-state index contributed by atoms with van der Waals surface area (Å²) < 4.78 is 18.2. The predicted octanol–water partition coefficient (Wildman–Crippen LogP) is 2.42. The van der Waals surface area contributed by atoms with Gasteiger partial charge in [0.05, 0.1) is 12.3 Å². The van der Waals surface area contributed by atoms with E-state index in [0.29, 0.717) is 0 Å². The molecule has 2 nitrogen and oxygen atoms in total. The summed E-state index contributed by atoms with van der Waals surface area (Å²) in [5, 5.41) is 0.149. The van der Waals surface area contributed by atoms with Crippen molar-refractivity contribution in [1.82, 2.24) is 4.98 Å². The van der Waals surface area contributed by atoms with Gasteiger partial charge in [0.25, 0.3) is 0 Å². The first-order valence-corrected chi connectivity index (χ1v) is 4.11. The third-order valence-corrected chi connectivity index (χ3v) is 1.81. The Labute approximate surface area is 74.3 Å². The van der Waals surface area contributed by atoms with Crippen LogP contribution in [0.5, 0.6) is 5.75 Å². The van der Waals surface area contributed by atoms with E-state index < -0.39 is 5.82 Å². The number of pyridine rings is 1. The molecule has 1 aliphatic carbocycles. The van der Waals surface area contributed by atoms with Gasteiger partial charge in [-0.3, -0.25) is 0 Å². The third kappa shape index (κ3) is 1.67. The number of halogens is 2. The lowest BCUT2D eigenvalue weighted by atomic mass is 10.4. The van der Waals surface area contributed by atoms with Crippen molar-refractivity contribution >= 4 is 11.6 Å². The minimum Gasteiger partial charge on any atom is -0.486 e. The first-order valence-electron chi connectivity index (χ1n) is 3.73. The Morgan fingerprint density at radius 3 is 2.92 bits per heavy atom. The van der Waals surface area contributed by atoms with Gasteiger partial charge in [0.15, 0.2) is 11.6 Å². The highest BCUT2D eigenvalue weighted by Gasteiger charge is 2.24. The van der Waals surface area contributed by atoms with Crippen LogP contribution < -0.4 is 4.74 Å². The summed E-state index contributed by atoms with van der Waals surface area (Å²) in [5.41, 5.74) is 0. The monoisotopic (exact) mass is 187 g/mol. The SMILES string of the molecule is Fc1cc(Cl)ncc1OC1CC1. The average molecular weight is 188 g/mol. The quantitative estimate of drug-likeness (QED) is 0.664. The first-order chi connectivity index (χ1) is 5.75. The van der Waals surface area contributed by atoms with Crippen LogP contribution in [-0.4, -0.2) is 11.1 Å². The minimum absolute atomic E-state index is 0.149. The van der Waals surface area contributed by atoms with Crippen LogP contribution in [-0.2, 0) is 0 Å². The van der Waals surface area contributed by atoms with Gasteiger partial charge in [-0.15, -0.1) is 0 Å². The molecule has 0 radical (unpaired) electrons. The molecule has 0 aliphatic heterocycles. The molecule has 0 amide bonds. The highest BCUT2D eigenvalue weighted by molar-refractivity contribution is 6.29. The minimum atomic E-state index is -0.443. The van der Waals surface area contributed by atoms with Gasteiger partial charge in [-0.1, -0.05) is 11.6 Å². The van der Waals surface area contributed by atoms with Crippen LogP contribution in [0.1, 0.15) is 12.8 Å². The standard InChI is InChI=1S/C8H7ClFNO/c9-8-3-6(10)7(4-11-8)12-5-1-2-5/h3-5H,1-2H2. The number of nitrogens with zero attached hydrogens (tertiary/aromatic N) is 1. The summed E-state index contributed by atoms with van der Waals surface area (Å²) >= 11 is 5.46. The molecule has 1 saturated carbocycles. The normalized spacial score (nSPS) is 16.2. The maximum atomic E-state index is 13.0. The van der Waals surface area contributed by atoms with Crippen LogP contribution in [0.2, 0.25) is 5.15 Å². The Kier molecular flexibility index (Phi) is 1.89. The molecule has 0 spiro atoms. The van der Waals surface area contributed by atoms with Crippen molar-refractivity contribution in [3.63, 3.8) is 0 Å². The largest absolute Gasteiger partial charge is 0.486 e. The van der Waals surface area contributed by atoms with Crippen LogP contribution in [0.25, 0.3) is 0 Å². The van der Waals surface area contributed by atoms with Gasteiger partial charge in [0, 0.05) is 6.07 Å². The third-order valence-electron chi connectivity index (χ3n) is 1.60. The van der Waals surface area contributed by atoms with E-state index in [1.165, 1.54) is 6.20 Å². The maximum absolute atomic E-state index is 13.0. The Morgan fingerprint density at radius 1 is 1.58 bits per heavy atom. The number of hydrogen-bond acceptors (Lipinski definition) is 2. The summed E-state index contributed by atoms with van der Waals surface area (Å²) in [6.45, 7) is 0. The molecular weight excluding hydrogens is 181 g/mol. The van der Waals surface area contributed by atoms with E-state index >= 15 is 0 Å². The van der Waals surface area contributed by atoms with Crippen LogP contribution in [0, 0.1) is 5.82 Å². The zero-order valence-electron chi connectivity index (χ0n) is 6.26. The summed E-state index contributed by atoms with van der Waals surface area (Å²) in [6, 6.07) is 1.15. The Morgan fingerprint density at radius 2 is 2.33 bits per heavy atom. The number of rotatable bonds is 2. The van der Waals surface area contributed by atoms with Gasteiger partial charge in [0.2, 0.25) is 0 Å². The molecule has 12 heavy (non-hydrogen) atoms. The van der Waals surface area contributed by atoms with Crippen LogP contribution in [0.15, 0.2) is 12.3 Å². The smallest absolute Gasteiger partial charge is 0.173 e. The fourth-order valence-corrected chi connectivity index (χ4v) is 0.992. The molecule has 0 aromatic carbocycles. The average Bonchev–Trinajstić information content (AvgIpc) is 2.79. The van der Waals surface area contributed by atoms with E-state index in [2.05, 4.69) is 4.98 Å². The maximum Gasteiger partial charge on any atom is 0.173 e. The van der Waals surface area contributed by atoms with Gasteiger partial charge in [0.1, 0.15) is 5.15 Å². The van der Waals surface area contributed by atoms with Crippen molar-refractivity contribution in [2.45, 2.75) is 18.9 Å². The summed E-state index contributed by atoms with van der Waals surface area (Å²) in [5.74, 6) is -0.246. The molecule has 0 unspecified atom stereocenters. The lowest BCUT2D eigenvalue weighted by Crippen LogP contribution is -1.98. The van der Waals surface area contributed by atoms with Gasteiger partial charge < -0.3 is 4.74 Å². The zero-order valence-corrected chi connectivity index (χ0v) is 7.01. The van der Waals surface area contributed by atoms with E-state index in [9.17, 15) is 4.39 Å². The topological polar surface area (TPSA) is 22.1 Å². The fraction of sp³-hybridized carbons (Fsp3) is 0.375. The van der Waals surface area contributed by atoms with Crippen molar-refractivity contribution in [1.29, 1.82) is 0 Å². The van der Waals surface area contributed by atoms with Crippen LogP contribution in [0.3, 0.4) is 0 Å². The molecule has 0 bridgehead atoms. The Bertz CT molecular complexity index is 301.